The van der Waals surface area contributed by atoms with Crippen LogP contribution in [0.4, 0.5) is 13.2 Å². The van der Waals surface area contributed by atoms with E-state index in [-0.39, 0.29) is 29.7 Å². The van der Waals surface area contributed by atoms with Gasteiger partial charge in [-0.2, -0.15) is 13.2 Å². The number of aryl methyl sites for hydroxylation is 1. The van der Waals surface area contributed by atoms with Crippen molar-refractivity contribution in [3.63, 3.8) is 0 Å². The molecule has 0 spiro atoms. The van der Waals surface area contributed by atoms with Gasteiger partial charge < -0.3 is 9.84 Å². The number of methoxy groups -OCH3 is 1. The molecule has 2 aromatic rings. The van der Waals surface area contributed by atoms with Crippen molar-refractivity contribution >= 4 is 17.3 Å². The lowest BCUT2D eigenvalue weighted by atomic mass is 9.96. The van der Waals surface area contributed by atoms with Gasteiger partial charge in [0, 0.05) is 6.42 Å². The molecule has 0 fully saturated rings. The third-order valence-corrected chi connectivity index (χ3v) is 3.86. The van der Waals surface area contributed by atoms with E-state index in [2.05, 4.69) is 9.97 Å². The molecule has 1 aromatic carbocycles. The van der Waals surface area contributed by atoms with Gasteiger partial charge in [-0.25, -0.2) is 9.78 Å². The molecule has 0 aliphatic rings. The van der Waals surface area contributed by atoms with Crippen LogP contribution in [0, 0.1) is 0 Å². The number of carboxylic acids is 1. The fourth-order valence-electron chi connectivity index (χ4n) is 2.58. The zero-order valence-electron chi connectivity index (χ0n) is 15.1. The van der Waals surface area contributed by atoms with Crippen LogP contribution in [0.1, 0.15) is 39.9 Å². The minimum atomic E-state index is -4.73. The van der Waals surface area contributed by atoms with Crippen LogP contribution in [0.15, 0.2) is 36.7 Å². The summed E-state index contributed by atoms with van der Waals surface area (Å²) in [6.07, 6.45) is -3.04. The van der Waals surface area contributed by atoms with Crippen molar-refractivity contribution in [1.29, 1.82) is 0 Å². The summed E-state index contributed by atoms with van der Waals surface area (Å²) in [5.41, 5.74) is -1.53. The maximum Gasteiger partial charge on any atom is 0.435 e. The summed E-state index contributed by atoms with van der Waals surface area (Å²) >= 11 is 0. The van der Waals surface area contributed by atoms with Gasteiger partial charge in [0.1, 0.15) is 11.3 Å². The second kappa shape index (κ2) is 8.64. The Kier molecular flexibility index (Phi) is 6.50. The van der Waals surface area contributed by atoms with E-state index >= 15 is 0 Å². The molecule has 0 atom stereocenters. The molecule has 0 saturated carbocycles. The Morgan fingerprint density at radius 2 is 1.93 bits per heavy atom. The highest BCUT2D eigenvalue weighted by molar-refractivity contribution is 6.15. The van der Waals surface area contributed by atoms with Gasteiger partial charge in [-0.05, 0) is 17.5 Å². The molecule has 0 bridgehead atoms. The number of Topliss-reactive ketones (excluding diaryl/α,β-unsaturated/α-hetero) is 1. The molecule has 9 heteroatoms. The highest BCUT2D eigenvalue weighted by Crippen LogP contribution is 2.30. The quantitative estimate of drug-likeness (QED) is 0.439. The molecule has 0 amide bonds. The summed E-state index contributed by atoms with van der Waals surface area (Å²) in [7, 11) is 1.28. The van der Waals surface area contributed by atoms with Crippen LogP contribution in [0.5, 0.6) is 0 Å². The molecule has 1 heterocycles. The maximum absolute atomic E-state index is 13.1. The number of rotatable bonds is 7. The highest BCUT2D eigenvalue weighted by Gasteiger charge is 2.36. The second-order valence-corrected chi connectivity index (χ2v) is 5.73. The molecule has 0 aliphatic heterocycles. The fourth-order valence-corrected chi connectivity index (χ4v) is 2.58. The summed E-state index contributed by atoms with van der Waals surface area (Å²) in [5, 5.41) is 9.34. The van der Waals surface area contributed by atoms with E-state index in [4.69, 9.17) is 4.74 Å². The number of carbonyl (C=O) groups is 2. The molecule has 1 aromatic heterocycles. The number of benzene rings is 1. The van der Waals surface area contributed by atoms with Gasteiger partial charge in [0.2, 0.25) is 0 Å². The van der Waals surface area contributed by atoms with Crippen LogP contribution >= 0.6 is 0 Å². The minimum absolute atomic E-state index is 0.0168. The number of halogens is 3. The van der Waals surface area contributed by atoms with Crippen molar-refractivity contribution in [1.82, 2.24) is 9.97 Å². The number of carbonyl (C=O) groups excluding carboxylic acids is 1. The Morgan fingerprint density at radius 3 is 2.50 bits per heavy atom. The molecule has 1 N–H and O–H groups in total. The normalized spacial score (nSPS) is 12.0. The first-order valence-electron chi connectivity index (χ1n) is 8.19. The predicted molar refractivity (Wildman–Crippen MR) is 93.5 cm³/mol. The molecule has 0 saturated heterocycles. The van der Waals surface area contributed by atoms with E-state index in [9.17, 15) is 27.9 Å². The van der Waals surface area contributed by atoms with E-state index in [0.717, 1.165) is 12.5 Å². The van der Waals surface area contributed by atoms with Gasteiger partial charge in [-0.1, -0.05) is 31.2 Å². The number of carboxylic acid groups (broad SMARTS) is 1. The van der Waals surface area contributed by atoms with Crippen LogP contribution in [0.3, 0.4) is 0 Å². The number of hydrogen-bond donors (Lipinski definition) is 1. The summed E-state index contributed by atoms with van der Waals surface area (Å²) in [4.78, 5) is 31.1. The number of nitrogens with zero attached hydrogens (tertiary/aromatic N) is 2. The van der Waals surface area contributed by atoms with Crippen LogP contribution in [-0.2, 0) is 28.5 Å². The molecule has 0 aliphatic carbocycles. The van der Waals surface area contributed by atoms with E-state index in [1.54, 1.807) is 12.1 Å². The minimum Gasteiger partial charge on any atom is -0.503 e. The fraction of sp³-hybridized carbons (Fsp3) is 0.263. The molecule has 28 heavy (non-hydrogen) atoms. The van der Waals surface area contributed by atoms with Gasteiger partial charge in [0.15, 0.2) is 11.5 Å². The molecule has 6 nitrogen and oxygen atoms in total. The van der Waals surface area contributed by atoms with Gasteiger partial charge in [0.25, 0.3) is 0 Å². The Hall–Kier alpha value is -3.23. The first-order valence-corrected chi connectivity index (χ1v) is 8.19. The summed E-state index contributed by atoms with van der Waals surface area (Å²) in [5.74, 6) is -1.98. The monoisotopic (exact) mass is 394 g/mol. The Bertz CT molecular complexity index is 924. The first kappa shape index (κ1) is 21.1. The van der Waals surface area contributed by atoms with E-state index in [1.165, 1.54) is 26.2 Å². The van der Waals surface area contributed by atoms with Gasteiger partial charge in [0.05, 0.1) is 25.3 Å². The van der Waals surface area contributed by atoms with Crippen LogP contribution in [0.2, 0.25) is 0 Å². The van der Waals surface area contributed by atoms with Crippen molar-refractivity contribution in [2.75, 3.05) is 7.11 Å². The second-order valence-electron chi connectivity index (χ2n) is 5.73. The van der Waals surface area contributed by atoms with Crippen molar-refractivity contribution in [3.8, 4) is 0 Å². The molecule has 148 valence electrons. The summed E-state index contributed by atoms with van der Waals surface area (Å²) in [6, 6.07) is 6.16. The number of ketones is 1. The number of aromatic nitrogens is 2. The van der Waals surface area contributed by atoms with E-state index in [1.807, 2.05) is 0 Å². The number of hydrogen-bond acceptors (Lipinski definition) is 5. The molecule has 0 unspecified atom stereocenters. The van der Waals surface area contributed by atoms with Gasteiger partial charge in [-0.3, -0.25) is 9.78 Å². The van der Waals surface area contributed by atoms with Crippen molar-refractivity contribution in [2.45, 2.75) is 25.9 Å². The topological polar surface area (TPSA) is 89.4 Å². The van der Waals surface area contributed by atoms with Crippen LogP contribution in [-0.4, -0.2) is 33.9 Å². The Morgan fingerprint density at radius 1 is 1.25 bits per heavy atom. The zero-order chi connectivity index (χ0) is 20.9. The molecular weight excluding hydrogens is 377 g/mol. The van der Waals surface area contributed by atoms with Crippen molar-refractivity contribution in [2.24, 2.45) is 0 Å². The lowest BCUT2D eigenvalue weighted by Gasteiger charge is -2.12. The summed E-state index contributed by atoms with van der Waals surface area (Å²) in [6.45, 7) is 1.51. The molecular formula is C19H17F3N2O4. The van der Waals surface area contributed by atoms with E-state index < -0.39 is 29.3 Å². The van der Waals surface area contributed by atoms with E-state index in [0.29, 0.717) is 5.56 Å². The smallest absolute Gasteiger partial charge is 0.435 e. The molecule has 0 radical (unpaired) electrons. The Labute approximate surface area is 158 Å². The average molecular weight is 394 g/mol. The number of alkyl halides is 3. The lowest BCUT2D eigenvalue weighted by Crippen LogP contribution is -2.18. The largest absolute Gasteiger partial charge is 0.503 e. The number of aliphatic carboxylic acids is 1. The Balaban J connectivity index is 2.42. The third kappa shape index (κ3) is 4.73. The van der Waals surface area contributed by atoms with Crippen molar-refractivity contribution < 1.29 is 32.6 Å². The third-order valence-electron chi connectivity index (χ3n) is 3.86. The average Bonchev–Trinajstić information content (AvgIpc) is 2.65. The van der Waals surface area contributed by atoms with Crippen LogP contribution in [0.25, 0.3) is 5.57 Å². The lowest BCUT2D eigenvalue weighted by molar-refractivity contribution is -0.142. The van der Waals surface area contributed by atoms with Crippen LogP contribution < -0.4 is 0 Å². The highest BCUT2D eigenvalue weighted by atomic mass is 19.4. The summed E-state index contributed by atoms with van der Waals surface area (Å²) < 4.78 is 44.2. The standard InChI is InChI=1S/C19H17F3N2O4/c1-3-14-17(19(20,21)22)24-15(9-23-14)16(25)8-11-6-4-5-7-12(11)13(10-28-2)18(26)27/h4-7,9-10H,3,8H2,1-2H3,(H,26,27). The molecule has 2 rings (SSSR count). The first-order chi connectivity index (χ1) is 13.2. The van der Waals surface area contributed by atoms with Crippen molar-refractivity contribution in [3.05, 3.63) is 64.9 Å². The SMILES string of the molecule is CCc1ncc(C(=O)Cc2ccccc2C(=COC)C(=O)O)nc1C(F)(F)F. The zero-order valence-corrected chi connectivity index (χ0v) is 15.1. The predicted octanol–water partition coefficient (Wildman–Crippen LogP) is 3.56. The maximum atomic E-state index is 13.1. The van der Waals surface area contributed by atoms with Gasteiger partial charge >= 0.3 is 12.1 Å². The van der Waals surface area contributed by atoms with Gasteiger partial charge in [-0.15, -0.1) is 0 Å². The number of ether oxygens (including phenoxy) is 1.